The van der Waals surface area contributed by atoms with Crippen LogP contribution < -0.4 is 0 Å². The van der Waals surface area contributed by atoms with Gasteiger partial charge in [-0.1, -0.05) is 19.1 Å². The van der Waals surface area contributed by atoms with E-state index in [9.17, 15) is 4.79 Å². The minimum Gasteiger partial charge on any atom is -0.466 e. The van der Waals surface area contributed by atoms with Crippen LogP contribution in [0.1, 0.15) is 13.3 Å². The van der Waals surface area contributed by atoms with E-state index in [4.69, 9.17) is 0 Å². The van der Waals surface area contributed by atoms with Gasteiger partial charge in [-0.25, -0.2) is 9.78 Å². The number of methoxy groups -OCH3 is 1. The number of aromatic nitrogens is 1. The number of thioether (sulfide) groups is 1. The summed E-state index contributed by atoms with van der Waals surface area (Å²) < 4.78 is 4.67. The molecule has 0 aromatic carbocycles. The average Bonchev–Trinajstić information content (AvgIpc) is 2.35. The SMILES string of the molecule is CCC(=CCSc1ccccn1)C(=O)OC. The molecule has 0 atom stereocenters. The van der Waals surface area contributed by atoms with Crippen molar-refractivity contribution in [3.63, 3.8) is 0 Å². The number of ether oxygens (including phenoxy) is 1. The van der Waals surface area contributed by atoms with Gasteiger partial charge < -0.3 is 4.74 Å². The van der Waals surface area contributed by atoms with Crippen molar-refractivity contribution in [2.45, 2.75) is 18.4 Å². The summed E-state index contributed by atoms with van der Waals surface area (Å²) in [6, 6.07) is 5.77. The third-order valence-corrected chi connectivity index (χ3v) is 2.90. The van der Waals surface area contributed by atoms with Crippen LogP contribution in [0.4, 0.5) is 0 Å². The predicted octanol–water partition coefficient (Wildman–Crippen LogP) is 2.68. The maximum atomic E-state index is 11.3. The Morgan fingerprint density at radius 1 is 1.56 bits per heavy atom. The number of rotatable bonds is 5. The van der Waals surface area contributed by atoms with E-state index in [1.807, 2.05) is 31.2 Å². The number of hydrogen-bond acceptors (Lipinski definition) is 4. The molecule has 0 spiro atoms. The lowest BCUT2D eigenvalue weighted by atomic mass is 10.2. The number of carbonyl (C=O) groups excluding carboxylic acids is 1. The summed E-state index contributed by atoms with van der Waals surface area (Å²) in [6.07, 6.45) is 4.34. The molecule has 0 unspecified atom stereocenters. The first-order valence-electron chi connectivity index (χ1n) is 5.09. The van der Waals surface area contributed by atoms with Crippen LogP contribution in [0.2, 0.25) is 0 Å². The van der Waals surface area contributed by atoms with Gasteiger partial charge in [0.15, 0.2) is 0 Å². The minimum atomic E-state index is -0.246. The van der Waals surface area contributed by atoms with Crippen molar-refractivity contribution in [1.29, 1.82) is 0 Å². The van der Waals surface area contributed by atoms with Crippen LogP contribution in [0.15, 0.2) is 41.1 Å². The Hall–Kier alpha value is -1.29. The van der Waals surface area contributed by atoms with Crippen molar-refractivity contribution in [3.05, 3.63) is 36.0 Å². The number of esters is 1. The lowest BCUT2D eigenvalue weighted by Gasteiger charge is -2.01. The first kappa shape index (κ1) is 12.8. The Morgan fingerprint density at radius 3 is 2.94 bits per heavy atom. The van der Waals surface area contributed by atoms with Crippen LogP contribution in [0.5, 0.6) is 0 Å². The Morgan fingerprint density at radius 2 is 2.38 bits per heavy atom. The highest BCUT2D eigenvalue weighted by atomic mass is 32.2. The van der Waals surface area contributed by atoms with Gasteiger partial charge in [0, 0.05) is 17.5 Å². The Labute approximate surface area is 99.9 Å². The first-order chi connectivity index (χ1) is 7.77. The van der Waals surface area contributed by atoms with Crippen molar-refractivity contribution in [2.75, 3.05) is 12.9 Å². The van der Waals surface area contributed by atoms with Crippen LogP contribution >= 0.6 is 11.8 Å². The second-order valence-electron chi connectivity index (χ2n) is 3.05. The summed E-state index contributed by atoms with van der Waals surface area (Å²) in [6.45, 7) is 1.94. The first-order valence-corrected chi connectivity index (χ1v) is 6.07. The van der Waals surface area contributed by atoms with Crippen LogP contribution in [0.25, 0.3) is 0 Å². The van der Waals surface area contributed by atoms with E-state index in [1.165, 1.54) is 7.11 Å². The van der Waals surface area contributed by atoms with Gasteiger partial charge >= 0.3 is 5.97 Å². The van der Waals surface area contributed by atoms with E-state index in [0.717, 1.165) is 10.8 Å². The molecular weight excluding hydrogens is 222 g/mol. The molecule has 0 aliphatic heterocycles. The third-order valence-electron chi connectivity index (χ3n) is 2.03. The summed E-state index contributed by atoms with van der Waals surface area (Å²) in [5.41, 5.74) is 0.714. The molecule has 0 bridgehead atoms. The van der Waals surface area contributed by atoms with Gasteiger partial charge in [-0.15, -0.1) is 11.8 Å². The number of carbonyl (C=O) groups is 1. The molecule has 0 fully saturated rings. The molecule has 1 aromatic rings. The number of pyridine rings is 1. The predicted molar refractivity (Wildman–Crippen MR) is 65.4 cm³/mol. The van der Waals surface area contributed by atoms with Crippen molar-refractivity contribution in [2.24, 2.45) is 0 Å². The van der Waals surface area contributed by atoms with Gasteiger partial charge in [-0.05, 0) is 18.6 Å². The second-order valence-corrected chi connectivity index (χ2v) is 4.09. The molecule has 0 aliphatic rings. The van der Waals surface area contributed by atoms with E-state index in [1.54, 1.807) is 18.0 Å². The van der Waals surface area contributed by atoms with Crippen molar-refractivity contribution < 1.29 is 9.53 Å². The smallest absolute Gasteiger partial charge is 0.333 e. The van der Waals surface area contributed by atoms with E-state index >= 15 is 0 Å². The van der Waals surface area contributed by atoms with Gasteiger partial charge in [0.2, 0.25) is 0 Å². The zero-order valence-electron chi connectivity index (χ0n) is 9.47. The lowest BCUT2D eigenvalue weighted by Crippen LogP contribution is -2.04. The molecule has 86 valence electrons. The van der Waals surface area contributed by atoms with Gasteiger partial charge in [0.05, 0.1) is 12.1 Å². The maximum absolute atomic E-state index is 11.3. The summed E-state index contributed by atoms with van der Waals surface area (Å²) in [5.74, 6) is 0.485. The zero-order chi connectivity index (χ0) is 11.8. The molecule has 0 N–H and O–H groups in total. The largest absolute Gasteiger partial charge is 0.466 e. The average molecular weight is 237 g/mol. The molecule has 0 radical (unpaired) electrons. The van der Waals surface area contributed by atoms with E-state index in [2.05, 4.69) is 9.72 Å². The van der Waals surface area contributed by atoms with Crippen molar-refractivity contribution in [1.82, 2.24) is 4.98 Å². The van der Waals surface area contributed by atoms with E-state index in [0.29, 0.717) is 12.0 Å². The highest BCUT2D eigenvalue weighted by Gasteiger charge is 2.05. The Bertz CT molecular complexity index is 363. The zero-order valence-corrected chi connectivity index (χ0v) is 10.3. The fourth-order valence-electron chi connectivity index (χ4n) is 1.16. The molecule has 0 saturated carbocycles. The number of nitrogens with zero attached hydrogens (tertiary/aromatic N) is 1. The van der Waals surface area contributed by atoms with Gasteiger partial charge in [0.1, 0.15) is 0 Å². The highest BCUT2D eigenvalue weighted by molar-refractivity contribution is 7.99. The van der Waals surface area contributed by atoms with Crippen molar-refractivity contribution in [3.8, 4) is 0 Å². The normalized spacial score (nSPS) is 11.2. The van der Waals surface area contributed by atoms with E-state index in [-0.39, 0.29) is 5.97 Å². The molecule has 16 heavy (non-hydrogen) atoms. The minimum absolute atomic E-state index is 0.246. The monoisotopic (exact) mass is 237 g/mol. The van der Waals surface area contributed by atoms with Crippen LogP contribution in [0.3, 0.4) is 0 Å². The van der Waals surface area contributed by atoms with Crippen LogP contribution in [0, 0.1) is 0 Å². The quantitative estimate of drug-likeness (QED) is 0.448. The third kappa shape index (κ3) is 4.06. The topological polar surface area (TPSA) is 39.2 Å². The summed E-state index contributed by atoms with van der Waals surface area (Å²) in [7, 11) is 1.40. The summed E-state index contributed by atoms with van der Waals surface area (Å²) in [5, 5.41) is 0.957. The maximum Gasteiger partial charge on any atom is 0.333 e. The molecule has 0 saturated heterocycles. The molecule has 0 amide bonds. The standard InChI is InChI=1S/C12H15NO2S/c1-3-10(12(14)15-2)7-9-16-11-6-4-5-8-13-11/h4-8H,3,9H2,1-2H3. The lowest BCUT2D eigenvalue weighted by molar-refractivity contribution is -0.136. The van der Waals surface area contributed by atoms with Gasteiger partial charge in [0.25, 0.3) is 0 Å². The molecule has 0 aliphatic carbocycles. The molecule has 3 nitrogen and oxygen atoms in total. The van der Waals surface area contributed by atoms with Crippen molar-refractivity contribution >= 4 is 17.7 Å². The summed E-state index contributed by atoms with van der Waals surface area (Å²) in [4.78, 5) is 15.5. The molecule has 1 rings (SSSR count). The Balaban J connectivity index is 2.49. The van der Waals surface area contributed by atoms with Crippen LogP contribution in [-0.2, 0) is 9.53 Å². The molecule has 1 heterocycles. The molecule has 1 aromatic heterocycles. The number of hydrogen-bond donors (Lipinski definition) is 0. The highest BCUT2D eigenvalue weighted by Crippen LogP contribution is 2.15. The fraction of sp³-hybridized carbons (Fsp3) is 0.333. The molecular formula is C12H15NO2S. The second kappa shape index (κ2) is 7.06. The fourth-order valence-corrected chi connectivity index (χ4v) is 1.93. The van der Waals surface area contributed by atoms with Gasteiger partial charge in [-0.2, -0.15) is 0 Å². The molecule has 4 heteroatoms. The van der Waals surface area contributed by atoms with Gasteiger partial charge in [-0.3, -0.25) is 0 Å². The van der Waals surface area contributed by atoms with Crippen LogP contribution in [-0.4, -0.2) is 23.8 Å². The summed E-state index contributed by atoms with van der Waals surface area (Å²) >= 11 is 1.60. The Kier molecular flexibility index (Phi) is 5.64. The van der Waals surface area contributed by atoms with E-state index < -0.39 is 0 Å².